The number of aromatic carboxylic acids is 1. The van der Waals surface area contributed by atoms with Crippen molar-refractivity contribution < 1.29 is 9.90 Å². The van der Waals surface area contributed by atoms with Crippen LogP contribution >= 0.6 is 0 Å². The Morgan fingerprint density at radius 2 is 2.05 bits per heavy atom. The molecular weight excluding hydrogens is 278 g/mol. The summed E-state index contributed by atoms with van der Waals surface area (Å²) >= 11 is 0. The minimum absolute atomic E-state index is 0.382. The number of nitrogens with zero attached hydrogens (tertiary/aromatic N) is 1. The fourth-order valence-corrected chi connectivity index (χ4v) is 3.19. The number of rotatable bonds is 5. The van der Waals surface area contributed by atoms with Crippen LogP contribution < -0.4 is 5.32 Å². The number of aromatic nitrogens is 1. The van der Waals surface area contributed by atoms with Crippen LogP contribution in [0.15, 0.2) is 18.3 Å². The zero-order chi connectivity index (χ0) is 15.5. The van der Waals surface area contributed by atoms with Gasteiger partial charge in [-0.2, -0.15) is 0 Å². The lowest BCUT2D eigenvalue weighted by Gasteiger charge is -2.26. The lowest BCUT2D eigenvalue weighted by Crippen LogP contribution is -2.44. The molecule has 1 saturated heterocycles. The molecule has 5 nitrogen and oxygen atoms in total. The summed E-state index contributed by atoms with van der Waals surface area (Å²) in [5.74, 6) is -0.856. The number of carbonyl (C=O) groups is 1. The second kappa shape index (κ2) is 6.50. The molecule has 0 unspecified atom stereocenters. The summed E-state index contributed by atoms with van der Waals surface area (Å²) in [4.78, 5) is 17.1. The standard InChI is InChI=1S/C17H23N3O2/c1-2-12-9-14(17(21)22)10-15-13(11-19-16(12)15)3-6-20-7-4-18-5-8-20/h9-11,18-19H,2-8H2,1H3,(H,21,22). The van der Waals surface area contributed by atoms with Crippen LogP contribution in [0, 0.1) is 0 Å². The minimum atomic E-state index is -0.856. The van der Waals surface area contributed by atoms with Crippen molar-refractivity contribution in [2.24, 2.45) is 0 Å². The van der Waals surface area contributed by atoms with Crippen molar-refractivity contribution in [3.63, 3.8) is 0 Å². The van der Waals surface area contributed by atoms with Crippen molar-refractivity contribution in [1.82, 2.24) is 15.2 Å². The Hall–Kier alpha value is -1.85. The van der Waals surface area contributed by atoms with E-state index in [9.17, 15) is 9.90 Å². The van der Waals surface area contributed by atoms with Gasteiger partial charge in [-0.05, 0) is 36.1 Å². The van der Waals surface area contributed by atoms with Gasteiger partial charge in [-0.25, -0.2) is 4.79 Å². The van der Waals surface area contributed by atoms with E-state index in [1.54, 1.807) is 12.1 Å². The van der Waals surface area contributed by atoms with Gasteiger partial charge in [0.15, 0.2) is 0 Å². The molecule has 0 radical (unpaired) electrons. The molecule has 3 rings (SSSR count). The van der Waals surface area contributed by atoms with Crippen LogP contribution in [0.3, 0.4) is 0 Å². The average molecular weight is 301 g/mol. The molecule has 0 bridgehead atoms. The van der Waals surface area contributed by atoms with E-state index in [0.717, 1.165) is 62.0 Å². The Morgan fingerprint density at radius 3 is 2.73 bits per heavy atom. The first-order chi connectivity index (χ1) is 10.7. The van der Waals surface area contributed by atoms with E-state index < -0.39 is 5.97 Å². The molecule has 2 heterocycles. The summed E-state index contributed by atoms with van der Waals surface area (Å²) in [6.07, 6.45) is 3.82. The highest BCUT2D eigenvalue weighted by atomic mass is 16.4. The first kappa shape index (κ1) is 15.1. The maximum atomic E-state index is 11.3. The second-order valence-corrected chi connectivity index (χ2v) is 5.87. The van der Waals surface area contributed by atoms with Crippen molar-refractivity contribution >= 4 is 16.9 Å². The van der Waals surface area contributed by atoms with Crippen molar-refractivity contribution in [2.45, 2.75) is 19.8 Å². The maximum Gasteiger partial charge on any atom is 0.335 e. The lowest BCUT2D eigenvalue weighted by molar-refractivity contribution is 0.0697. The van der Waals surface area contributed by atoms with Crippen molar-refractivity contribution in [2.75, 3.05) is 32.7 Å². The molecule has 0 atom stereocenters. The maximum absolute atomic E-state index is 11.3. The second-order valence-electron chi connectivity index (χ2n) is 5.87. The van der Waals surface area contributed by atoms with Crippen LogP contribution in [0.1, 0.15) is 28.4 Å². The Morgan fingerprint density at radius 1 is 1.27 bits per heavy atom. The van der Waals surface area contributed by atoms with Gasteiger partial charge < -0.3 is 20.3 Å². The first-order valence-corrected chi connectivity index (χ1v) is 7.98. The third-order valence-electron chi connectivity index (χ3n) is 4.49. The van der Waals surface area contributed by atoms with Crippen LogP contribution in [0.5, 0.6) is 0 Å². The van der Waals surface area contributed by atoms with E-state index in [-0.39, 0.29) is 0 Å². The van der Waals surface area contributed by atoms with E-state index >= 15 is 0 Å². The third kappa shape index (κ3) is 3.00. The average Bonchev–Trinajstić information content (AvgIpc) is 2.96. The normalized spacial score (nSPS) is 16.2. The Balaban J connectivity index is 1.86. The van der Waals surface area contributed by atoms with E-state index in [1.165, 1.54) is 5.56 Å². The third-order valence-corrected chi connectivity index (χ3v) is 4.49. The number of nitrogens with one attached hydrogen (secondary N) is 2. The van der Waals surface area contributed by atoms with E-state index in [0.29, 0.717) is 5.56 Å². The minimum Gasteiger partial charge on any atom is -0.478 e. The van der Waals surface area contributed by atoms with Crippen molar-refractivity contribution in [1.29, 1.82) is 0 Å². The quantitative estimate of drug-likeness (QED) is 0.789. The zero-order valence-electron chi connectivity index (χ0n) is 13.0. The fourth-order valence-electron chi connectivity index (χ4n) is 3.19. The van der Waals surface area contributed by atoms with Gasteiger partial charge >= 0.3 is 5.97 Å². The highest BCUT2D eigenvalue weighted by Crippen LogP contribution is 2.25. The van der Waals surface area contributed by atoms with Crippen molar-refractivity contribution in [3.8, 4) is 0 Å². The Labute approximate surface area is 130 Å². The summed E-state index contributed by atoms with van der Waals surface area (Å²) < 4.78 is 0. The van der Waals surface area contributed by atoms with Gasteiger partial charge in [0.05, 0.1) is 5.56 Å². The highest BCUT2D eigenvalue weighted by Gasteiger charge is 2.14. The molecule has 1 aromatic carbocycles. The molecule has 1 fully saturated rings. The Kier molecular flexibility index (Phi) is 4.45. The number of hydrogen-bond acceptors (Lipinski definition) is 3. The summed E-state index contributed by atoms with van der Waals surface area (Å²) in [6.45, 7) is 7.36. The topological polar surface area (TPSA) is 68.4 Å². The largest absolute Gasteiger partial charge is 0.478 e. The number of benzene rings is 1. The smallest absolute Gasteiger partial charge is 0.335 e. The highest BCUT2D eigenvalue weighted by molar-refractivity contribution is 5.96. The Bertz CT molecular complexity index is 672. The van der Waals surface area contributed by atoms with Crippen LogP contribution in [-0.4, -0.2) is 53.7 Å². The van der Waals surface area contributed by atoms with E-state index in [2.05, 4.69) is 22.1 Å². The summed E-state index contributed by atoms with van der Waals surface area (Å²) in [6, 6.07) is 3.58. The molecular formula is C17H23N3O2. The number of hydrogen-bond donors (Lipinski definition) is 3. The van der Waals surface area contributed by atoms with Gasteiger partial charge in [-0.1, -0.05) is 6.92 Å². The molecule has 0 saturated carbocycles. The number of aryl methyl sites for hydroxylation is 1. The summed E-state index contributed by atoms with van der Waals surface area (Å²) in [7, 11) is 0. The molecule has 1 aromatic heterocycles. The van der Waals surface area contributed by atoms with Gasteiger partial charge in [-0.3, -0.25) is 0 Å². The molecule has 1 aliphatic heterocycles. The lowest BCUT2D eigenvalue weighted by atomic mass is 10.0. The number of aromatic amines is 1. The van der Waals surface area contributed by atoms with E-state index in [4.69, 9.17) is 0 Å². The van der Waals surface area contributed by atoms with Gasteiger partial charge in [0.2, 0.25) is 0 Å². The fraction of sp³-hybridized carbons (Fsp3) is 0.471. The van der Waals surface area contributed by atoms with Gasteiger partial charge in [-0.15, -0.1) is 0 Å². The molecule has 1 aliphatic rings. The molecule has 0 aliphatic carbocycles. The van der Waals surface area contributed by atoms with Crippen LogP contribution in [0.25, 0.3) is 10.9 Å². The monoisotopic (exact) mass is 301 g/mol. The van der Waals surface area contributed by atoms with E-state index in [1.807, 2.05) is 6.20 Å². The predicted molar refractivity (Wildman–Crippen MR) is 87.6 cm³/mol. The number of H-pyrrole nitrogens is 1. The summed E-state index contributed by atoms with van der Waals surface area (Å²) in [5.41, 5.74) is 3.75. The van der Waals surface area contributed by atoms with Gasteiger partial charge in [0.25, 0.3) is 0 Å². The SMILES string of the molecule is CCc1cc(C(=O)O)cc2c(CCN3CCNCC3)c[nH]c12. The number of fused-ring (bicyclic) bond motifs is 1. The summed E-state index contributed by atoms with van der Waals surface area (Å²) in [5, 5.41) is 13.7. The van der Waals surface area contributed by atoms with Gasteiger partial charge in [0.1, 0.15) is 0 Å². The number of piperazine rings is 1. The first-order valence-electron chi connectivity index (χ1n) is 7.98. The molecule has 118 valence electrons. The van der Waals surface area contributed by atoms with Gasteiger partial charge in [0, 0.05) is 49.8 Å². The predicted octanol–water partition coefficient (Wildman–Crippen LogP) is 1.88. The molecule has 22 heavy (non-hydrogen) atoms. The zero-order valence-corrected chi connectivity index (χ0v) is 13.0. The number of carboxylic acid groups (broad SMARTS) is 1. The molecule has 3 N–H and O–H groups in total. The molecule has 0 spiro atoms. The van der Waals surface area contributed by atoms with Crippen LogP contribution in [-0.2, 0) is 12.8 Å². The molecule has 2 aromatic rings. The molecule has 5 heteroatoms. The number of carboxylic acids is 1. The van der Waals surface area contributed by atoms with Crippen molar-refractivity contribution in [3.05, 3.63) is 35.0 Å². The molecule has 0 amide bonds. The van der Waals surface area contributed by atoms with Crippen LogP contribution in [0.2, 0.25) is 0 Å². The van der Waals surface area contributed by atoms with Crippen LogP contribution in [0.4, 0.5) is 0 Å².